The average Bonchev–Trinajstić information content (AvgIpc) is 1.96. The second-order valence-corrected chi connectivity index (χ2v) is 2.01. The molecule has 0 aliphatic heterocycles. The van der Waals surface area contributed by atoms with Gasteiger partial charge in [0.05, 0.1) is 0 Å². The molecule has 0 heterocycles. The van der Waals surface area contributed by atoms with Crippen LogP contribution in [0.5, 0.6) is 0 Å². The zero-order chi connectivity index (χ0) is 9.56. The van der Waals surface area contributed by atoms with Crippen molar-refractivity contribution in [3.05, 3.63) is 0 Å². The molecular weight excluding hydrogens is 184 g/mol. The molecule has 0 fully saturated rings. The number of carbonyl (C=O) groups is 1. The van der Waals surface area contributed by atoms with Gasteiger partial charge in [0.25, 0.3) is 0 Å². The molecule has 12 heavy (non-hydrogen) atoms. The maximum Gasteiger partial charge on any atom is 0.327 e. The van der Waals surface area contributed by atoms with Crippen LogP contribution < -0.4 is 39.2 Å². The molecule has 10 N–H and O–H groups in total. The lowest BCUT2D eigenvalue weighted by molar-refractivity contribution is 0.0810. The highest BCUT2D eigenvalue weighted by molar-refractivity contribution is 7.80. The number of nitrogens with one attached hydrogen (secondary N) is 4. The molecule has 0 atom stereocenters. The largest absolute Gasteiger partial charge is 0.375 e. The highest BCUT2D eigenvalue weighted by atomic mass is 32.1. The number of urea groups is 1. The third-order valence-corrected chi connectivity index (χ3v) is 0.701. The first kappa shape index (κ1) is 10.8. The maximum absolute atomic E-state index is 10.1. The van der Waals surface area contributed by atoms with Gasteiger partial charge in [-0.05, 0) is 12.2 Å². The zero-order valence-electron chi connectivity index (χ0n) is 6.00. The average molecular weight is 194 g/mol. The Morgan fingerprint density at radius 2 is 1.75 bits per heavy atom. The summed E-state index contributed by atoms with van der Waals surface area (Å²) in [7, 11) is 0. The summed E-state index contributed by atoms with van der Waals surface area (Å²) in [6.07, 6.45) is 0. The van der Waals surface area contributed by atoms with Gasteiger partial charge in [-0.3, -0.25) is 10.9 Å². The molecule has 10 heteroatoms. The second-order valence-electron chi connectivity index (χ2n) is 1.57. The molecule has 0 spiro atoms. The van der Waals surface area contributed by atoms with E-state index in [0.717, 1.165) is 5.23 Å². The smallest absolute Gasteiger partial charge is 0.327 e. The number of primary amides is 1. The van der Waals surface area contributed by atoms with Gasteiger partial charge in [-0.1, -0.05) is 5.23 Å². The van der Waals surface area contributed by atoms with Gasteiger partial charge in [-0.25, -0.2) is 10.6 Å². The van der Waals surface area contributed by atoms with Crippen LogP contribution in [0.15, 0.2) is 0 Å². The Morgan fingerprint density at radius 1 is 1.25 bits per heavy atom. The number of hydrazine groups is 5. The van der Waals surface area contributed by atoms with Gasteiger partial charge in [0.15, 0.2) is 5.11 Å². The Labute approximate surface area is 73.5 Å². The van der Waals surface area contributed by atoms with E-state index in [-0.39, 0.29) is 5.11 Å². The van der Waals surface area contributed by atoms with Crippen LogP contribution in [-0.4, -0.2) is 16.4 Å². The summed E-state index contributed by atoms with van der Waals surface area (Å²) in [5, 5.41) is 0.746. The lowest BCUT2D eigenvalue weighted by Crippen LogP contribution is -2.64. The van der Waals surface area contributed by atoms with E-state index in [9.17, 15) is 4.79 Å². The number of amides is 2. The topological polar surface area (TPSA) is 146 Å². The van der Waals surface area contributed by atoms with E-state index in [1.54, 1.807) is 0 Å². The summed E-state index contributed by atoms with van der Waals surface area (Å²) in [6, 6.07) is -0.789. The number of hydrogen-bond acceptors (Lipinski definition) is 6. The molecule has 70 valence electrons. The van der Waals surface area contributed by atoms with Gasteiger partial charge in [0.1, 0.15) is 0 Å². The zero-order valence-corrected chi connectivity index (χ0v) is 6.81. The van der Waals surface area contributed by atoms with Crippen molar-refractivity contribution in [2.45, 2.75) is 0 Å². The van der Waals surface area contributed by atoms with Crippen LogP contribution >= 0.6 is 12.2 Å². The number of rotatable bonds is 4. The molecule has 0 rings (SSSR count). The fourth-order valence-corrected chi connectivity index (χ4v) is 0.304. The number of thiocarbonyl (C=S) groups is 1. The summed E-state index contributed by atoms with van der Waals surface area (Å²) in [6.45, 7) is 0. The quantitative estimate of drug-likeness (QED) is 0.139. The number of carbonyl (C=O) groups excluding carboxylic acids is 1. The van der Waals surface area contributed by atoms with Crippen molar-refractivity contribution in [1.29, 1.82) is 0 Å². The Balaban J connectivity index is 3.39. The maximum atomic E-state index is 10.1. The molecule has 2 amide bonds. The molecule has 0 aromatic carbocycles. The highest BCUT2D eigenvalue weighted by Crippen LogP contribution is 1.54. The van der Waals surface area contributed by atoms with Crippen LogP contribution in [0.4, 0.5) is 4.79 Å². The van der Waals surface area contributed by atoms with Crippen molar-refractivity contribution >= 4 is 23.4 Å². The van der Waals surface area contributed by atoms with Crippen LogP contribution in [0.25, 0.3) is 0 Å². The van der Waals surface area contributed by atoms with E-state index in [0.29, 0.717) is 0 Å². The van der Waals surface area contributed by atoms with E-state index < -0.39 is 6.03 Å². The molecule has 0 bridgehead atoms. The van der Waals surface area contributed by atoms with Crippen molar-refractivity contribution in [2.75, 3.05) is 0 Å². The normalized spacial score (nSPS) is 9.50. The fourth-order valence-electron chi connectivity index (χ4n) is 0.259. The third-order valence-electron chi connectivity index (χ3n) is 0.599. The molecule has 0 aliphatic rings. The highest BCUT2D eigenvalue weighted by Gasteiger charge is 1.96. The van der Waals surface area contributed by atoms with Crippen LogP contribution in [0.1, 0.15) is 0 Å². The first-order chi connectivity index (χ1) is 5.52. The first-order valence-corrected chi connectivity index (χ1v) is 3.10. The molecule has 0 saturated heterocycles. The van der Waals surface area contributed by atoms with E-state index in [2.05, 4.69) is 28.7 Å². The van der Waals surface area contributed by atoms with E-state index in [1.807, 2.05) is 5.43 Å². The predicted molar refractivity (Wildman–Crippen MR) is 44.9 cm³/mol. The van der Waals surface area contributed by atoms with Crippen molar-refractivity contribution in [1.82, 2.24) is 27.1 Å². The summed E-state index contributed by atoms with van der Waals surface area (Å²) >= 11 is 4.43. The monoisotopic (exact) mass is 194 g/mol. The Kier molecular flexibility index (Phi) is 4.91. The van der Waals surface area contributed by atoms with Gasteiger partial charge in [0.2, 0.25) is 0 Å². The fraction of sp³-hybridized carbons (Fsp3) is 0. The lowest BCUT2D eigenvalue weighted by atomic mass is 11.1. The molecule has 0 aliphatic carbocycles. The number of nitrogens with two attached hydrogens (primary N) is 3. The molecular formula is C2H10N8OS. The molecule has 0 aromatic rings. The van der Waals surface area contributed by atoms with Gasteiger partial charge >= 0.3 is 6.03 Å². The molecule has 0 radical (unpaired) electrons. The number of nitrogens with zero attached hydrogens (tertiary/aromatic N) is 1. The lowest BCUT2D eigenvalue weighted by Gasteiger charge is -2.17. The molecule has 0 aromatic heterocycles. The molecule has 0 saturated carbocycles. The van der Waals surface area contributed by atoms with Crippen molar-refractivity contribution in [3.8, 4) is 0 Å². The van der Waals surface area contributed by atoms with Crippen LogP contribution in [-0.2, 0) is 0 Å². The second kappa shape index (κ2) is 5.45. The van der Waals surface area contributed by atoms with Gasteiger partial charge < -0.3 is 11.5 Å². The first-order valence-electron chi connectivity index (χ1n) is 2.69. The minimum atomic E-state index is -0.789. The van der Waals surface area contributed by atoms with E-state index in [4.69, 9.17) is 17.3 Å². The van der Waals surface area contributed by atoms with Crippen molar-refractivity contribution in [3.63, 3.8) is 0 Å². The van der Waals surface area contributed by atoms with Gasteiger partial charge in [-0.2, -0.15) is 0 Å². The SMILES string of the molecule is NC(=O)NNN(N)NNC(N)=S. The van der Waals surface area contributed by atoms with Crippen LogP contribution in [0, 0.1) is 0 Å². The molecule has 0 unspecified atom stereocenters. The van der Waals surface area contributed by atoms with Crippen LogP contribution in [0.3, 0.4) is 0 Å². The number of hydrogen-bond donors (Lipinski definition) is 7. The van der Waals surface area contributed by atoms with E-state index >= 15 is 0 Å². The van der Waals surface area contributed by atoms with Crippen molar-refractivity contribution in [2.24, 2.45) is 17.3 Å². The standard InChI is InChI=1S/C2H10N8OS/c3-1(11)6-8-10(5)9-7-2(4)12/h8-9H,5H2,(H3,3,6,11)(H3,4,7,12). The van der Waals surface area contributed by atoms with Crippen LogP contribution in [0.2, 0.25) is 0 Å². The Morgan fingerprint density at radius 3 is 2.17 bits per heavy atom. The summed E-state index contributed by atoms with van der Waals surface area (Å²) in [4.78, 5) is 10.1. The summed E-state index contributed by atoms with van der Waals surface area (Å²) < 4.78 is 0. The third kappa shape index (κ3) is 6.91. The summed E-state index contributed by atoms with van der Waals surface area (Å²) in [5.74, 6) is 5.13. The summed E-state index contributed by atoms with van der Waals surface area (Å²) in [5.41, 5.74) is 18.4. The minimum Gasteiger partial charge on any atom is -0.375 e. The molecule has 9 nitrogen and oxygen atoms in total. The minimum absolute atomic E-state index is 0.00803. The Bertz CT molecular complexity index is 152. The Hall–Kier alpha value is -1.20. The van der Waals surface area contributed by atoms with Gasteiger partial charge in [-0.15, -0.1) is 11.1 Å². The van der Waals surface area contributed by atoms with Gasteiger partial charge in [0, 0.05) is 0 Å². The predicted octanol–water partition coefficient (Wildman–Crippen LogP) is -3.50. The van der Waals surface area contributed by atoms with E-state index in [1.165, 1.54) is 0 Å². The van der Waals surface area contributed by atoms with Crippen molar-refractivity contribution < 1.29 is 4.79 Å².